The van der Waals surface area contributed by atoms with Crippen LogP contribution in [0.1, 0.15) is 12.8 Å². The number of esters is 1. The van der Waals surface area contributed by atoms with Crippen molar-refractivity contribution >= 4 is 17.6 Å². The minimum absolute atomic E-state index is 0.258. The first-order valence-electron chi connectivity index (χ1n) is 5.86. The van der Waals surface area contributed by atoms with Gasteiger partial charge in [0.25, 0.3) is 0 Å². The predicted octanol–water partition coefficient (Wildman–Crippen LogP) is 2.14. The zero-order valence-corrected chi connectivity index (χ0v) is 10.5. The molecule has 98 valence electrons. The maximum absolute atomic E-state index is 11.5. The van der Waals surface area contributed by atoms with Crippen LogP contribution in [0.4, 0.5) is 5.69 Å². The molecular weight excluding hydrogens is 242 g/mol. The molecule has 0 unspecified atom stereocenters. The van der Waals surface area contributed by atoms with E-state index in [0.717, 1.165) is 12.2 Å². The van der Waals surface area contributed by atoms with Crippen molar-refractivity contribution in [1.29, 1.82) is 0 Å². The van der Waals surface area contributed by atoms with Gasteiger partial charge >= 0.3 is 5.97 Å². The van der Waals surface area contributed by atoms with Gasteiger partial charge in [-0.3, -0.25) is 4.79 Å². The maximum Gasteiger partial charge on any atom is 0.330 e. The maximum atomic E-state index is 11.5. The van der Waals surface area contributed by atoms with E-state index in [1.165, 1.54) is 0 Å². The molecule has 1 N–H and O–H groups in total. The quantitative estimate of drug-likeness (QED) is 0.367. The molecular formula is C15H15NO3. The van der Waals surface area contributed by atoms with Crippen molar-refractivity contribution < 1.29 is 14.3 Å². The van der Waals surface area contributed by atoms with Crippen LogP contribution in [0.3, 0.4) is 0 Å². The van der Waals surface area contributed by atoms with Gasteiger partial charge in [0.2, 0.25) is 5.91 Å². The first kappa shape index (κ1) is 14.5. The molecule has 19 heavy (non-hydrogen) atoms. The van der Waals surface area contributed by atoms with Gasteiger partial charge in [0.15, 0.2) is 0 Å². The zero-order valence-electron chi connectivity index (χ0n) is 10.5. The highest BCUT2D eigenvalue weighted by Crippen LogP contribution is 2.04. The molecule has 0 saturated heterocycles. The van der Waals surface area contributed by atoms with E-state index in [9.17, 15) is 9.59 Å². The fourth-order valence-corrected chi connectivity index (χ4v) is 1.24. The molecule has 1 aromatic carbocycles. The average molecular weight is 257 g/mol. The molecule has 0 aliphatic rings. The minimum Gasteiger partial charge on any atom is -0.462 e. The normalized spacial score (nSPS) is 9.84. The molecule has 0 spiro atoms. The summed E-state index contributed by atoms with van der Waals surface area (Å²) in [5, 5.41) is 2.61. The lowest BCUT2D eigenvalue weighted by atomic mass is 10.3. The van der Waals surface area contributed by atoms with Crippen molar-refractivity contribution in [3.63, 3.8) is 0 Å². The topological polar surface area (TPSA) is 55.4 Å². The second-order valence-electron chi connectivity index (χ2n) is 3.66. The number of unbranched alkanes of at least 4 members (excludes halogenated alkanes) is 1. The fourth-order valence-electron chi connectivity index (χ4n) is 1.24. The third-order valence-corrected chi connectivity index (χ3v) is 2.12. The third kappa shape index (κ3) is 6.69. The number of terminal acetylenes is 1. The van der Waals surface area contributed by atoms with Crippen molar-refractivity contribution in [1.82, 2.24) is 0 Å². The second kappa shape index (κ2) is 8.54. The highest BCUT2D eigenvalue weighted by Gasteiger charge is 2.00. The Morgan fingerprint density at radius 3 is 2.68 bits per heavy atom. The summed E-state index contributed by atoms with van der Waals surface area (Å²) >= 11 is 0. The highest BCUT2D eigenvalue weighted by atomic mass is 16.5. The summed E-state index contributed by atoms with van der Waals surface area (Å²) in [4.78, 5) is 22.7. The SMILES string of the molecule is C#CCCCOC(=O)/C=C\C(=O)Nc1ccccc1. The van der Waals surface area contributed by atoms with Crippen LogP contribution in [-0.4, -0.2) is 18.5 Å². The summed E-state index contributed by atoms with van der Waals surface area (Å²) in [7, 11) is 0. The van der Waals surface area contributed by atoms with Gasteiger partial charge in [-0.2, -0.15) is 0 Å². The highest BCUT2D eigenvalue weighted by molar-refractivity contribution is 6.02. The van der Waals surface area contributed by atoms with Gasteiger partial charge < -0.3 is 10.1 Å². The molecule has 0 saturated carbocycles. The number of para-hydroxylation sites is 1. The number of carbonyl (C=O) groups is 2. The molecule has 1 rings (SSSR count). The van der Waals surface area contributed by atoms with Crippen LogP contribution >= 0.6 is 0 Å². The molecule has 0 aromatic heterocycles. The monoisotopic (exact) mass is 257 g/mol. The Bertz CT molecular complexity index is 486. The third-order valence-electron chi connectivity index (χ3n) is 2.12. The number of carbonyl (C=O) groups excluding carboxylic acids is 2. The zero-order chi connectivity index (χ0) is 13.9. The van der Waals surface area contributed by atoms with Crippen LogP contribution in [0, 0.1) is 12.3 Å². The van der Waals surface area contributed by atoms with Crippen LogP contribution in [0.5, 0.6) is 0 Å². The van der Waals surface area contributed by atoms with Gasteiger partial charge in [0, 0.05) is 24.3 Å². The number of anilines is 1. The second-order valence-corrected chi connectivity index (χ2v) is 3.66. The first-order chi connectivity index (χ1) is 9.22. The molecule has 4 nitrogen and oxygen atoms in total. The number of hydrogen-bond donors (Lipinski definition) is 1. The Labute approximate surface area is 112 Å². The Hall–Kier alpha value is -2.54. The lowest BCUT2D eigenvalue weighted by molar-refractivity contribution is -0.138. The van der Waals surface area contributed by atoms with E-state index in [0.29, 0.717) is 18.5 Å². The summed E-state index contributed by atoms with van der Waals surface area (Å²) in [5.74, 6) is 1.51. The Morgan fingerprint density at radius 1 is 1.26 bits per heavy atom. The van der Waals surface area contributed by atoms with Crippen molar-refractivity contribution in [2.75, 3.05) is 11.9 Å². The summed E-state index contributed by atoms with van der Waals surface area (Å²) in [6, 6.07) is 8.96. The predicted molar refractivity (Wildman–Crippen MR) is 73.2 cm³/mol. The number of hydrogen-bond acceptors (Lipinski definition) is 3. The standard InChI is InChI=1S/C15H15NO3/c1-2-3-7-12-19-15(18)11-10-14(17)16-13-8-5-4-6-9-13/h1,4-6,8-11H,3,7,12H2,(H,16,17)/b11-10-. The van der Waals surface area contributed by atoms with Crippen LogP contribution < -0.4 is 5.32 Å². The van der Waals surface area contributed by atoms with Gasteiger partial charge in [-0.15, -0.1) is 12.3 Å². The Morgan fingerprint density at radius 2 is 2.00 bits per heavy atom. The minimum atomic E-state index is -0.555. The van der Waals surface area contributed by atoms with Gasteiger partial charge in [-0.05, 0) is 18.6 Å². The number of benzene rings is 1. The number of amides is 1. The fraction of sp³-hybridized carbons (Fsp3) is 0.200. The number of nitrogens with one attached hydrogen (secondary N) is 1. The molecule has 0 radical (unpaired) electrons. The van der Waals surface area contributed by atoms with E-state index in [4.69, 9.17) is 11.2 Å². The molecule has 0 heterocycles. The van der Waals surface area contributed by atoms with Crippen molar-refractivity contribution in [3.8, 4) is 12.3 Å². The van der Waals surface area contributed by atoms with E-state index in [-0.39, 0.29) is 12.5 Å². The van der Waals surface area contributed by atoms with E-state index < -0.39 is 5.97 Å². The molecule has 0 aliphatic carbocycles. The molecule has 0 bridgehead atoms. The van der Waals surface area contributed by atoms with Crippen LogP contribution in [0.25, 0.3) is 0 Å². The number of ether oxygens (including phenoxy) is 1. The summed E-state index contributed by atoms with van der Waals surface area (Å²) in [6.45, 7) is 0.258. The van der Waals surface area contributed by atoms with Gasteiger partial charge in [-0.1, -0.05) is 18.2 Å². The molecule has 0 fully saturated rings. The van der Waals surface area contributed by atoms with Gasteiger partial charge in [0.1, 0.15) is 0 Å². The summed E-state index contributed by atoms with van der Waals surface area (Å²) in [6.07, 6.45) is 8.46. The van der Waals surface area contributed by atoms with E-state index >= 15 is 0 Å². The molecule has 1 aromatic rings. The van der Waals surface area contributed by atoms with Crippen LogP contribution in [-0.2, 0) is 14.3 Å². The molecule has 1 amide bonds. The summed E-state index contributed by atoms with van der Waals surface area (Å²) in [5.41, 5.74) is 0.666. The van der Waals surface area contributed by atoms with Crippen molar-refractivity contribution in [2.24, 2.45) is 0 Å². The van der Waals surface area contributed by atoms with E-state index in [1.807, 2.05) is 6.07 Å². The Kier molecular flexibility index (Phi) is 6.52. The van der Waals surface area contributed by atoms with Crippen LogP contribution in [0.2, 0.25) is 0 Å². The van der Waals surface area contributed by atoms with Gasteiger partial charge in [-0.25, -0.2) is 4.79 Å². The average Bonchev–Trinajstić information content (AvgIpc) is 2.42. The first-order valence-corrected chi connectivity index (χ1v) is 5.86. The lowest BCUT2D eigenvalue weighted by Gasteiger charge is -2.01. The Balaban J connectivity index is 2.30. The number of rotatable bonds is 6. The largest absolute Gasteiger partial charge is 0.462 e. The van der Waals surface area contributed by atoms with Crippen molar-refractivity contribution in [2.45, 2.75) is 12.8 Å². The lowest BCUT2D eigenvalue weighted by Crippen LogP contribution is -2.09. The summed E-state index contributed by atoms with van der Waals surface area (Å²) < 4.78 is 4.84. The molecule has 4 heteroatoms. The van der Waals surface area contributed by atoms with Crippen LogP contribution in [0.15, 0.2) is 42.5 Å². The molecule has 0 aliphatic heterocycles. The molecule has 0 atom stereocenters. The van der Waals surface area contributed by atoms with E-state index in [1.54, 1.807) is 24.3 Å². The van der Waals surface area contributed by atoms with Gasteiger partial charge in [0.05, 0.1) is 6.61 Å². The smallest absolute Gasteiger partial charge is 0.330 e. The van der Waals surface area contributed by atoms with E-state index in [2.05, 4.69) is 11.2 Å². The van der Waals surface area contributed by atoms with Crippen molar-refractivity contribution in [3.05, 3.63) is 42.5 Å².